The predicted molar refractivity (Wildman–Crippen MR) is 60.3 cm³/mol. The highest BCUT2D eigenvalue weighted by molar-refractivity contribution is 5.92. The summed E-state index contributed by atoms with van der Waals surface area (Å²) in [5, 5.41) is 2.56. The molecule has 1 rings (SSSR count). The summed E-state index contributed by atoms with van der Waals surface area (Å²) >= 11 is 0. The van der Waals surface area contributed by atoms with Crippen LogP contribution in [0, 0.1) is 0 Å². The number of ether oxygens (including phenoxy) is 1. The zero-order valence-electron chi connectivity index (χ0n) is 10.8. The van der Waals surface area contributed by atoms with E-state index >= 15 is 0 Å². The lowest BCUT2D eigenvalue weighted by molar-refractivity contribution is -0.175. The van der Waals surface area contributed by atoms with Crippen molar-refractivity contribution in [1.82, 2.24) is 10.2 Å². The number of halogens is 3. The van der Waals surface area contributed by atoms with Crippen molar-refractivity contribution in [2.75, 3.05) is 26.3 Å². The summed E-state index contributed by atoms with van der Waals surface area (Å²) in [6.07, 6.45) is -4.24. The fourth-order valence-electron chi connectivity index (χ4n) is 1.77. The van der Waals surface area contributed by atoms with Crippen molar-refractivity contribution < 1.29 is 27.5 Å². The monoisotopic (exact) mass is 282 g/mol. The van der Waals surface area contributed by atoms with Crippen LogP contribution in [0.15, 0.2) is 0 Å². The molecular weight excluding hydrogens is 265 g/mol. The molecule has 0 aromatic rings. The molecule has 8 heteroatoms. The largest absolute Gasteiger partial charge is 0.411 e. The van der Waals surface area contributed by atoms with Gasteiger partial charge in [0.05, 0.1) is 6.61 Å². The van der Waals surface area contributed by atoms with Crippen LogP contribution in [0.4, 0.5) is 13.2 Å². The average molecular weight is 282 g/mol. The molecular formula is C11H17F3N2O3. The Morgan fingerprint density at radius 1 is 1.37 bits per heavy atom. The van der Waals surface area contributed by atoms with Crippen molar-refractivity contribution in [1.29, 1.82) is 0 Å². The molecule has 0 bridgehead atoms. The molecule has 0 aromatic carbocycles. The smallest absolute Gasteiger partial charge is 0.370 e. The number of rotatable bonds is 4. The predicted octanol–water partition coefficient (Wildman–Crippen LogP) is 0.692. The summed E-state index contributed by atoms with van der Waals surface area (Å²) in [7, 11) is 0. The van der Waals surface area contributed by atoms with Gasteiger partial charge in [0.15, 0.2) is 0 Å². The highest BCUT2D eigenvalue weighted by Gasteiger charge is 2.36. The second-order valence-corrected chi connectivity index (χ2v) is 4.88. The van der Waals surface area contributed by atoms with Crippen LogP contribution in [-0.2, 0) is 14.3 Å². The maximum atomic E-state index is 12.0. The molecule has 0 spiro atoms. The summed E-state index contributed by atoms with van der Waals surface area (Å²) in [6, 6.07) is 0. The van der Waals surface area contributed by atoms with E-state index in [1.807, 2.05) is 0 Å². The van der Waals surface area contributed by atoms with E-state index in [4.69, 9.17) is 0 Å². The summed E-state index contributed by atoms with van der Waals surface area (Å²) in [5.74, 6) is -0.578. The molecule has 0 radical (unpaired) electrons. The van der Waals surface area contributed by atoms with Gasteiger partial charge < -0.3 is 15.0 Å². The lowest BCUT2D eigenvalue weighted by atomic mass is 10.0. The third-order valence-corrected chi connectivity index (χ3v) is 2.65. The van der Waals surface area contributed by atoms with Crippen molar-refractivity contribution >= 4 is 11.8 Å². The number of amides is 2. The van der Waals surface area contributed by atoms with E-state index in [0.29, 0.717) is 0 Å². The summed E-state index contributed by atoms with van der Waals surface area (Å²) in [5.41, 5.74) is -1.04. The molecule has 1 heterocycles. The van der Waals surface area contributed by atoms with Gasteiger partial charge >= 0.3 is 6.18 Å². The van der Waals surface area contributed by atoms with Crippen LogP contribution >= 0.6 is 0 Å². The number of hydrogen-bond acceptors (Lipinski definition) is 3. The summed E-state index contributed by atoms with van der Waals surface area (Å²) in [6.45, 7) is 1.78. The van der Waals surface area contributed by atoms with Crippen molar-refractivity contribution in [2.24, 2.45) is 0 Å². The fraction of sp³-hybridized carbons (Fsp3) is 0.818. The van der Waals surface area contributed by atoms with Crippen LogP contribution in [0.25, 0.3) is 0 Å². The first-order valence-electron chi connectivity index (χ1n) is 5.87. The number of carbonyl (C=O) groups excluding carboxylic acids is 2. The Morgan fingerprint density at radius 2 is 2.00 bits per heavy atom. The SMILES string of the molecule is CC1(C)NC(=O)CCN(CCOCC(F)(F)F)C1=O. The standard InChI is InChI=1S/C11H17F3N2O3/c1-10(2)9(18)16(4-3-8(17)15-10)5-6-19-7-11(12,13)14/h3-7H2,1-2H3,(H,15,17). The van der Waals surface area contributed by atoms with Crippen molar-refractivity contribution in [3.63, 3.8) is 0 Å². The molecule has 1 fully saturated rings. The maximum absolute atomic E-state index is 12.0. The first kappa shape index (κ1) is 15.7. The zero-order chi connectivity index (χ0) is 14.7. The van der Waals surface area contributed by atoms with Gasteiger partial charge in [0, 0.05) is 19.5 Å². The Balaban J connectivity index is 2.48. The van der Waals surface area contributed by atoms with Crippen LogP contribution in [0.2, 0.25) is 0 Å². The molecule has 19 heavy (non-hydrogen) atoms. The molecule has 0 aliphatic carbocycles. The molecule has 0 unspecified atom stereocenters. The van der Waals surface area contributed by atoms with E-state index in [1.165, 1.54) is 4.90 Å². The van der Waals surface area contributed by atoms with Crippen molar-refractivity contribution in [3.05, 3.63) is 0 Å². The first-order chi connectivity index (χ1) is 8.62. The zero-order valence-corrected chi connectivity index (χ0v) is 10.8. The van der Waals surface area contributed by atoms with Gasteiger partial charge in [-0.3, -0.25) is 9.59 Å². The quantitative estimate of drug-likeness (QED) is 0.772. The number of hydrogen-bond donors (Lipinski definition) is 1. The lowest BCUT2D eigenvalue weighted by Gasteiger charge is -2.28. The molecule has 5 nitrogen and oxygen atoms in total. The second kappa shape index (κ2) is 5.77. The van der Waals surface area contributed by atoms with E-state index in [1.54, 1.807) is 13.8 Å². The Hall–Kier alpha value is -1.31. The molecule has 0 saturated carbocycles. The molecule has 0 aromatic heterocycles. The van der Waals surface area contributed by atoms with Crippen molar-refractivity contribution in [3.8, 4) is 0 Å². The van der Waals surface area contributed by atoms with E-state index in [2.05, 4.69) is 10.1 Å². The Kier molecular flexibility index (Phi) is 4.78. The minimum Gasteiger partial charge on any atom is -0.370 e. The van der Waals surface area contributed by atoms with E-state index in [-0.39, 0.29) is 37.9 Å². The van der Waals surface area contributed by atoms with Gasteiger partial charge in [-0.1, -0.05) is 0 Å². The topological polar surface area (TPSA) is 58.6 Å². The van der Waals surface area contributed by atoms with Crippen molar-refractivity contribution in [2.45, 2.75) is 32.0 Å². The van der Waals surface area contributed by atoms with Gasteiger partial charge in [0.1, 0.15) is 12.1 Å². The first-order valence-corrected chi connectivity index (χ1v) is 5.87. The molecule has 1 saturated heterocycles. The Morgan fingerprint density at radius 3 is 2.58 bits per heavy atom. The minimum absolute atomic E-state index is 0.0350. The summed E-state index contributed by atoms with van der Waals surface area (Å²) < 4.78 is 40.1. The van der Waals surface area contributed by atoms with Gasteiger partial charge in [-0.05, 0) is 13.8 Å². The number of alkyl halides is 3. The lowest BCUT2D eigenvalue weighted by Crippen LogP contribution is -2.53. The second-order valence-electron chi connectivity index (χ2n) is 4.88. The van der Waals surface area contributed by atoms with Crippen LogP contribution < -0.4 is 5.32 Å². The van der Waals surface area contributed by atoms with Crippen LogP contribution in [0.1, 0.15) is 20.3 Å². The van der Waals surface area contributed by atoms with Crippen LogP contribution in [0.5, 0.6) is 0 Å². The van der Waals surface area contributed by atoms with Gasteiger partial charge in [0.2, 0.25) is 11.8 Å². The molecule has 2 amide bonds. The molecule has 110 valence electrons. The number of nitrogens with one attached hydrogen (secondary N) is 1. The average Bonchev–Trinajstić information content (AvgIpc) is 2.33. The molecule has 1 N–H and O–H groups in total. The van der Waals surface area contributed by atoms with E-state index in [9.17, 15) is 22.8 Å². The minimum atomic E-state index is -4.38. The van der Waals surface area contributed by atoms with Gasteiger partial charge in [0.25, 0.3) is 0 Å². The maximum Gasteiger partial charge on any atom is 0.411 e. The molecule has 1 aliphatic rings. The van der Waals surface area contributed by atoms with Crippen LogP contribution in [-0.4, -0.2) is 54.7 Å². The molecule has 1 aliphatic heterocycles. The van der Waals surface area contributed by atoms with E-state index in [0.717, 1.165) is 0 Å². The normalized spacial score (nSPS) is 20.2. The van der Waals surface area contributed by atoms with Crippen LogP contribution in [0.3, 0.4) is 0 Å². The highest BCUT2D eigenvalue weighted by atomic mass is 19.4. The van der Waals surface area contributed by atoms with Gasteiger partial charge in [-0.25, -0.2) is 0 Å². The number of carbonyl (C=O) groups is 2. The Bertz CT molecular complexity index is 356. The number of nitrogens with zero attached hydrogens (tertiary/aromatic N) is 1. The molecule has 0 atom stereocenters. The Labute approximate surface area is 109 Å². The van der Waals surface area contributed by atoms with Gasteiger partial charge in [-0.15, -0.1) is 0 Å². The highest BCUT2D eigenvalue weighted by Crippen LogP contribution is 2.15. The third-order valence-electron chi connectivity index (χ3n) is 2.65. The third kappa shape index (κ3) is 5.06. The van der Waals surface area contributed by atoms with Gasteiger partial charge in [-0.2, -0.15) is 13.2 Å². The summed E-state index contributed by atoms with van der Waals surface area (Å²) in [4.78, 5) is 24.8. The van der Waals surface area contributed by atoms with E-state index < -0.39 is 18.3 Å². The fourth-order valence-corrected chi connectivity index (χ4v) is 1.77.